The second-order valence-corrected chi connectivity index (χ2v) is 7.94. The molecule has 1 aliphatic heterocycles. The highest BCUT2D eigenvalue weighted by molar-refractivity contribution is 6.30. The number of nitrogens with zero attached hydrogens (tertiary/aromatic N) is 1. The minimum absolute atomic E-state index is 0.194. The van der Waals surface area contributed by atoms with Gasteiger partial charge in [-0.25, -0.2) is 0 Å². The molecule has 0 aromatic heterocycles. The molecule has 0 aliphatic carbocycles. The van der Waals surface area contributed by atoms with Crippen LogP contribution >= 0.6 is 11.6 Å². The zero-order chi connectivity index (χ0) is 20.5. The van der Waals surface area contributed by atoms with Crippen LogP contribution in [0.2, 0.25) is 5.02 Å². The number of rotatable bonds is 4. The number of carbonyl (C=O) groups is 1. The van der Waals surface area contributed by atoms with Crippen molar-refractivity contribution in [2.24, 2.45) is 0 Å². The Morgan fingerprint density at radius 1 is 0.862 bits per heavy atom. The number of amides is 1. The smallest absolute Gasteiger partial charge is 0.290 e. The lowest BCUT2D eigenvalue weighted by Crippen LogP contribution is -2.29. The van der Waals surface area contributed by atoms with E-state index in [1.165, 1.54) is 0 Å². The van der Waals surface area contributed by atoms with Crippen LogP contribution in [0, 0.1) is 13.8 Å². The van der Waals surface area contributed by atoms with Crippen LogP contribution in [0.25, 0.3) is 5.57 Å². The van der Waals surface area contributed by atoms with Crippen molar-refractivity contribution in [3.63, 3.8) is 0 Å². The van der Waals surface area contributed by atoms with E-state index in [0.717, 1.165) is 27.8 Å². The molecule has 1 aliphatic rings. The molecule has 0 spiro atoms. The molecule has 4 heteroatoms. The molecule has 0 unspecified atom stereocenters. The molecule has 3 aromatic carbocycles. The lowest BCUT2D eigenvalue weighted by molar-refractivity contribution is -0.130. The van der Waals surface area contributed by atoms with Crippen molar-refractivity contribution in [3.8, 4) is 0 Å². The predicted molar refractivity (Wildman–Crippen MR) is 117 cm³/mol. The van der Waals surface area contributed by atoms with E-state index in [9.17, 15) is 9.90 Å². The minimum Gasteiger partial charge on any atom is -0.503 e. The summed E-state index contributed by atoms with van der Waals surface area (Å²) in [5, 5.41) is 11.5. The van der Waals surface area contributed by atoms with Crippen molar-refractivity contribution in [2.45, 2.75) is 26.4 Å². The summed E-state index contributed by atoms with van der Waals surface area (Å²) in [5.74, 6) is -0.554. The summed E-state index contributed by atoms with van der Waals surface area (Å²) < 4.78 is 0. The van der Waals surface area contributed by atoms with Crippen molar-refractivity contribution in [1.82, 2.24) is 4.90 Å². The first-order valence-corrected chi connectivity index (χ1v) is 9.94. The van der Waals surface area contributed by atoms with Crippen LogP contribution in [0.15, 0.2) is 78.6 Å². The summed E-state index contributed by atoms with van der Waals surface area (Å²) in [6.07, 6.45) is 0. The second-order valence-electron chi connectivity index (χ2n) is 7.50. The number of carbonyl (C=O) groups excluding carboxylic acids is 1. The number of benzene rings is 3. The van der Waals surface area contributed by atoms with Crippen LogP contribution in [0.5, 0.6) is 0 Å². The van der Waals surface area contributed by atoms with E-state index in [2.05, 4.69) is 0 Å². The molecule has 3 nitrogen and oxygen atoms in total. The molecule has 4 rings (SSSR count). The Kier molecular flexibility index (Phi) is 5.16. The van der Waals surface area contributed by atoms with E-state index < -0.39 is 0 Å². The summed E-state index contributed by atoms with van der Waals surface area (Å²) in [6.45, 7) is 4.45. The van der Waals surface area contributed by atoms with Gasteiger partial charge in [-0.05, 0) is 42.7 Å². The maximum Gasteiger partial charge on any atom is 0.290 e. The molecule has 0 saturated heterocycles. The molecular formula is C25H22ClNO2. The molecule has 146 valence electrons. The molecule has 1 atom stereocenters. The maximum absolute atomic E-state index is 13.1. The lowest BCUT2D eigenvalue weighted by atomic mass is 9.93. The highest BCUT2D eigenvalue weighted by Crippen LogP contribution is 2.43. The average Bonchev–Trinajstić information content (AvgIpc) is 2.96. The summed E-state index contributed by atoms with van der Waals surface area (Å²) in [4.78, 5) is 14.8. The van der Waals surface area contributed by atoms with Crippen LogP contribution < -0.4 is 0 Å². The molecule has 1 amide bonds. The van der Waals surface area contributed by atoms with Crippen molar-refractivity contribution >= 4 is 23.1 Å². The molecule has 0 radical (unpaired) electrons. The fourth-order valence-corrected chi connectivity index (χ4v) is 3.85. The van der Waals surface area contributed by atoms with Gasteiger partial charge in [0.1, 0.15) is 0 Å². The molecule has 1 N–H and O–H groups in total. The molecular weight excluding hydrogens is 382 g/mol. The van der Waals surface area contributed by atoms with Gasteiger partial charge in [-0.3, -0.25) is 4.79 Å². The van der Waals surface area contributed by atoms with E-state index in [4.69, 9.17) is 11.6 Å². The molecule has 29 heavy (non-hydrogen) atoms. The Labute approximate surface area is 175 Å². The van der Waals surface area contributed by atoms with Gasteiger partial charge in [0.25, 0.3) is 5.91 Å². The molecule has 0 saturated carbocycles. The number of aliphatic hydroxyl groups excluding tert-OH is 1. The van der Waals surface area contributed by atoms with E-state index in [-0.39, 0.29) is 17.7 Å². The standard InChI is InChI=1S/C25H22ClNO2/c1-16-3-7-18(8-4-16)15-27-23(20-11-13-21(26)14-12-20)22(24(28)25(27)29)19-9-5-17(2)6-10-19/h3-14,23,28H,15H2,1-2H3/t23-/m1/s1. The maximum atomic E-state index is 13.1. The summed E-state index contributed by atoms with van der Waals surface area (Å²) in [5.41, 5.74) is 5.68. The monoisotopic (exact) mass is 403 g/mol. The number of halogens is 1. The van der Waals surface area contributed by atoms with Crippen molar-refractivity contribution in [2.75, 3.05) is 0 Å². The summed E-state index contributed by atoms with van der Waals surface area (Å²) in [6, 6.07) is 23.0. The molecule has 0 fully saturated rings. The van der Waals surface area contributed by atoms with Crippen molar-refractivity contribution in [3.05, 3.63) is 111 Å². The number of hydrogen-bond donors (Lipinski definition) is 1. The van der Waals surface area contributed by atoms with Gasteiger partial charge in [0.2, 0.25) is 0 Å². The van der Waals surface area contributed by atoms with Crippen LogP contribution in [-0.4, -0.2) is 15.9 Å². The topological polar surface area (TPSA) is 40.5 Å². The van der Waals surface area contributed by atoms with E-state index in [0.29, 0.717) is 17.1 Å². The zero-order valence-electron chi connectivity index (χ0n) is 16.4. The Bertz CT molecular complexity index is 1070. The van der Waals surface area contributed by atoms with Crippen molar-refractivity contribution < 1.29 is 9.90 Å². The third-order valence-electron chi connectivity index (χ3n) is 5.33. The third kappa shape index (κ3) is 3.79. The first kappa shape index (κ1) is 19.3. The van der Waals surface area contributed by atoms with Gasteiger partial charge in [0, 0.05) is 17.1 Å². The van der Waals surface area contributed by atoms with E-state index in [1.807, 2.05) is 86.6 Å². The van der Waals surface area contributed by atoms with Crippen LogP contribution in [0.4, 0.5) is 0 Å². The predicted octanol–water partition coefficient (Wildman–Crippen LogP) is 6.01. The fourth-order valence-electron chi connectivity index (χ4n) is 3.73. The van der Waals surface area contributed by atoms with Gasteiger partial charge >= 0.3 is 0 Å². The Hall–Kier alpha value is -3.04. The second kappa shape index (κ2) is 7.76. The van der Waals surface area contributed by atoms with Gasteiger partial charge in [0.15, 0.2) is 5.76 Å². The first-order valence-electron chi connectivity index (χ1n) is 9.56. The SMILES string of the molecule is Cc1ccc(CN2C(=O)C(O)=C(c3ccc(C)cc3)[C@H]2c2ccc(Cl)cc2)cc1. The van der Waals surface area contributed by atoms with Crippen molar-refractivity contribution in [1.29, 1.82) is 0 Å². The minimum atomic E-state index is -0.385. The zero-order valence-corrected chi connectivity index (χ0v) is 17.1. The van der Waals surface area contributed by atoms with Gasteiger partial charge in [0.05, 0.1) is 6.04 Å². The Balaban J connectivity index is 1.80. The summed E-state index contributed by atoms with van der Waals surface area (Å²) >= 11 is 6.09. The molecule has 0 bridgehead atoms. The highest BCUT2D eigenvalue weighted by Gasteiger charge is 2.40. The normalized spacial score (nSPS) is 16.6. The number of aliphatic hydroxyl groups is 1. The summed E-state index contributed by atoms with van der Waals surface area (Å²) in [7, 11) is 0. The lowest BCUT2D eigenvalue weighted by Gasteiger charge is -2.27. The largest absolute Gasteiger partial charge is 0.503 e. The quantitative estimate of drug-likeness (QED) is 0.579. The highest BCUT2D eigenvalue weighted by atomic mass is 35.5. The van der Waals surface area contributed by atoms with Crippen LogP contribution in [-0.2, 0) is 11.3 Å². The van der Waals surface area contributed by atoms with E-state index >= 15 is 0 Å². The van der Waals surface area contributed by atoms with Gasteiger partial charge in [-0.1, -0.05) is 83.4 Å². The Morgan fingerprint density at radius 3 is 2.00 bits per heavy atom. The van der Waals surface area contributed by atoms with Crippen LogP contribution in [0.1, 0.15) is 33.9 Å². The first-order chi connectivity index (χ1) is 13.9. The average molecular weight is 404 g/mol. The van der Waals surface area contributed by atoms with Gasteiger partial charge < -0.3 is 10.0 Å². The van der Waals surface area contributed by atoms with Crippen LogP contribution in [0.3, 0.4) is 0 Å². The number of aryl methyl sites for hydroxylation is 2. The molecule has 3 aromatic rings. The van der Waals surface area contributed by atoms with E-state index in [1.54, 1.807) is 4.90 Å². The van der Waals surface area contributed by atoms with Gasteiger partial charge in [-0.15, -0.1) is 0 Å². The van der Waals surface area contributed by atoms with Gasteiger partial charge in [-0.2, -0.15) is 0 Å². The molecule has 1 heterocycles. The number of hydrogen-bond acceptors (Lipinski definition) is 2. The third-order valence-corrected chi connectivity index (χ3v) is 5.58. The Morgan fingerprint density at radius 2 is 1.41 bits per heavy atom. The fraction of sp³-hybridized carbons (Fsp3) is 0.160.